The van der Waals surface area contributed by atoms with Gasteiger partial charge in [0.1, 0.15) is 22.9 Å². The van der Waals surface area contributed by atoms with Gasteiger partial charge in [-0.1, -0.05) is 26.0 Å². The lowest BCUT2D eigenvalue weighted by Crippen LogP contribution is -2.55. The predicted molar refractivity (Wildman–Crippen MR) is 161 cm³/mol. The number of alkyl halides is 1. The summed E-state index contributed by atoms with van der Waals surface area (Å²) < 4.78 is 48.4. The smallest absolute Gasteiger partial charge is 0.417 e. The third-order valence-corrected chi connectivity index (χ3v) is 9.68. The molecule has 0 aromatic heterocycles. The Morgan fingerprint density at radius 2 is 1.77 bits per heavy atom. The summed E-state index contributed by atoms with van der Waals surface area (Å²) in [6.45, 7) is 9.18. The molecule has 2 aliphatic carbocycles. The highest BCUT2D eigenvalue weighted by atomic mass is 19.1. The van der Waals surface area contributed by atoms with E-state index in [9.17, 15) is 14.0 Å². The predicted octanol–water partition coefficient (Wildman–Crippen LogP) is 8.19. The highest BCUT2D eigenvalue weighted by Crippen LogP contribution is 2.51. The molecule has 6 nitrogen and oxygen atoms in total. The van der Waals surface area contributed by atoms with Crippen molar-refractivity contribution < 1.29 is 32.6 Å². The average Bonchev–Trinajstić information content (AvgIpc) is 3.75. The van der Waals surface area contributed by atoms with Gasteiger partial charge < -0.3 is 14.2 Å². The Bertz CT molecular complexity index is 1330. The number of carbonyl (C=O) groups is 2. The number of methoxy groups -OCH3 is 1. The second kappa shape index (κ2) is 12.1. The van der Waals surface area contributed by atoms with E-state index in [-0.39, 0.29) is 23.6 Å². The van der Waals surface area contributed by atoms with E-state index in [0.29, 0.717) is 35.2 Å². The van der Waals surface area contributed by atoms with Crippen molar-refractivity contribution in [1.82, 2.24) is 4.90 Å². The number of imide groups is 1. The van der Waals surface area contributed by atoms with Crippen LogP contribution in [0.3, 0.4) is 0 Å². The minimum Gasteiger partial charge on any atom is -0.497 e. The average molecular weight is 598 g/mol. The first kappa shape index (κ1) is 31.3. The van der Waals surface area contributed by atoms with Crippen molar-refractivity contribution in [2.24, 2.45) is 17.8 Å². The van der Waals surface area contributed by atoms with Crippen LogP contribution in [-0.2, 0) is 9.53 Å². The lowest BCUT2D eigenvalue weighted by molar-refractivity contribution is -0.144. The Balaban J connectivity index is 1.26. The Hall–Kier alpha value is -3.16. The van der Waals surface area contributed by atoms with Crippen LogP contribution in [0.1, 0.15) is 96.1 Å². The number of nitrogens with zero attached hydrogens (tertiary/aromatic N) is 1. The maximum atomic E-state index is 16.8. The first-order chi connectivity index (χ1) is 20.3. The molecule has 3 aliphatic rings. The summed E-state index contributed by atoms with van der Waals surface area (Å²) in [5.74, 6) is -0.0370. The molecule has 43 heavy (non-hydrogen) atoms. The molecule has 3 fully saturated rings. The highest BCUT2D eigenvalue weighted by Gasteiger charge is 2.59. The van der Waals surface area contributed by atoms with Crippen molar-refractivity contribution in [3.05, 3.63) is 59.4 Å². The zero-order valence-corrected chi connectivity index (χ0v) is 26.2. The molecule has 2 aromatic carbocycles. The van der Waals surface area contributed by atoms with Crippen molar-refractivity contribution in [2.75, 3.05) is 13.7 Å². The molecular formula is C35H45F2NO5. The Labute approximate surface area is 254 Å². The van der Waals surface area contributed by atoms with Crippen molar-refractivity contribution in [3.63, 3.8) is 0 Å². The highest BCUT2D eigenvalue weighted by molar-refractivity contribution is 5.99. The summed E-state index contributed by atoms with van der Waals surface area (Å²) in [5.41, 5.74) is -1.79. The van der Waals surface area contributed by atoms with Gasteiger partial charge in [-0.05, 0) is 124 Å². The van der Waals surface area contributed by atoms with Crippen molar-refractivity contribution in [3.8, 4) is 11.5 Å². The molecule has 2 amide bonds. The summed E-state index contributed by atoms with van der Waals surface area (Å²) in [4.78, 5) is 27.7. The Morgan fingerprint density at radius 1 is 1.07 bits per heavy atom. The summed E-state index contributed by atoms with van der Waals surface area (Å²) in [7, 11) is 1.59. The number of hydrogen-bond acceptors (Lipinski definition) is 5. The number of hydrogen-bond donors (Lipinski definition) is 0. The van der Waals surface area contributed by atoms with E-state index < -0.39 is 35.2 Å². The summed E-state index contributed by atoms with van der Waals surface area (Å²) in [6, 6.07) is 11.8. The van der Waals surface area contributed by atoms with E-state index in [0.717, 1.165) is 43.4 Å². The van der Waals surface area contributed by atoms with Crippen LogP contribution in [0.5, 0.6) is 11.5 Å². The van der Waals surface area contributed by atoms with Crippen molar-refractivity contribution in [2.45, 2.75) is 102 Å². The molecule has 5 rings (SSSR count). The first-order valence-corrected chi connectivity index (χ1v) is 15.6. The zero-order chi connectivity index (χ0) is 31.1. The van der Waals surface area contributed by atoms with Crippen LogP contribution in [0.4, 0.5) is 13.6 Å². The molecule has 2 saturated carbocycles. The van der Waals surface area contributed by atoms with Crippen LogP contribution in [-0.4, -0.2) is 47.9 Å². The fourth-order valence-corrected chi connectivity index (χ4v) is 7.51. The third kappa shape index (κ3) is 6.39. The minimum atomic E-state index is -2.31. The van der Waals surface area contributed by atoms with Gasteiger partial charge in [-0.3, -0.25) is 4.79 Å². The van der Waals surface area contributed by atoms with Gasteiger partial charge in [0.25, 0.3) is 5.91 Å². The fraction of sp³-hybridized carbons (Fsp3) is 0.600. The normalized spacial score (nSPS) is 25.7. The van der Waals surface area contributed by atoms with E-state index >= 15 is 4.39 Å². The molecule has 8 heteroatoms. The lowest BCUT2D eigenvalue weighted by atomic mass is 9.78. The summed E-state index contributed by atoms with van der Waals surface area (Å²) in [5, 5.41) is 0. The topological polar surface area (TPSA) is 65.1 Å². The van der Waals surface area contributed by atoms with Gasteiger partial charge >= 0.3 is 6.09 Å². The largest absolute Gasteiger partial charge is 0.497 e. The number of halogens is 2. The molecule has 3 atom stereocenters. The molecule has 1 aliphatic heterocycles. The third-order valence-electron chi connectivity index (χ3n) is 9.68. The van der Waals surface area contributed by atoms with E-state index in [1.165, 1.54) is 13.0 Å². The maximum Gasteiger partial charge on any atom is 0.417 e. The molecule has 0 bridgehead atoms. The summed E-state index contributed by atoms with van der Waals surface area (Å²) in [6.07, 6.45) is 4.44. The van der Waals surface area contributed by atoms with Gasteiger partial charge in [-0.25, -0.2) is 18.5 Å². The number of rotatable bonds is 10. The molecule has 0 radical (unpaired) electrons. The maximum absolute atomic E-state index is 16.8. The SMILES string of the molecule is COc1ccc(F)c(C2CCC(COc3cccc([C@H](C4CC4)[C@](C)(F)C(=O)N4C(=O)OC(C)(C)[C@@H]4C(C)C)c3)CC2)c1. The molecule has 234 valence electrons. The first-order valence-electron chi connectivity index (χ1n) is 15.6. The van der Waals surface area contributed by atoms with Crippen LogP contribution in [0.25, 0.3) is 0 Å². The van der Waals surface area contributed by atoms with Crippen LogP contribution in [0, 0.1) is 23.6 Å². The molecular weight excluding hydrogens is 552 g/mol. The van der Waals surface area contributed by atoms with E-state index in [1.54, 1.807) is 33.1 Å². The molecule has 2 aromatic rings. The monoisotopic (exact) mass is 597 g/mol. The van der Waals surface area contributed by atoms with Crippen LogP contribution in [0.2, 0.25) is 0 Å². The lowest BCUT2D eigenvalue weighted by Gasteiger charge is -2.36. The molecule has 0 N–H and O–H groups in total. The number of ether oxygens (including phenoxy) is 3. The van der Waals surface area contributed by atoms with E-state index in [4.69, 9.17) is 14.2 Å². The number of cyclic esters (lactones) is 1. The number of carbonyl (C=O) groups excluding carboxylic acids is 2. The fourth-order valence-electron chi connectivity index (χ4n) is 7.51. The molecule has 1 heterocycles. The summed E-state index contributed by atoms with van der Waals surface area (Å²) >= 11 is 0. The van der Waals surface area contributed by atoms with Gasteiger partial charge in [0.05, 0.1) is 19.8 Å². The molecule has 0 spiro atoms. The quantitative estimate of drug-likeness (QED) is 0.276. The van der Waals surface area contributed by atoms with Crippen LogP contribution < -0.4 is 9.47 Å². The van der Waals surface area contributed by atoms with Gasteiger partial charge in [0, 0.05) is 5.92 Å². The van der Waals surface area contributed by atoms with Gasteiger partial charge in [-0.15, -0.1) is 0 Å². The minimum absolute atomic E-state index is 0.00520. The second-order valence-electron chi connectivity index (χ2n) is 13.7. The van der Waals surface area contributed by atoms with Crippen LogP contribution >= 0.6 is 0 Å². The standard InChI is InChI=1S/C35H45F2NO5/c1-21(2)31-34(3,4)43-33(40)38(31)32(39)35(5,37)30(24-14-15-24)25-8-7-9-27(18-25)42-20-22-10-12-23(13-11-22)28-19-26(41-6)16-17-29(28)36/h7-9,16-19,21-24,30-31H,10-15,20H2,1-6H3/t22?,23?,30-,31-,35-/m0/s1. The van der Waals surface area contributed by atoms with Gasteiger partial charge in [0.15, 0.2) is 5.67 Å². The van der Waals surface area contributed by atoms with Crippen LogP contribution in [0.15, 0.2) is 42.5 Å². The van der Waals surface area contributed by atoms with Crippen molar-refractivity contribution >= 4 is 12.0 Å². The second-order valence-corrected chi connectivity index (χ2v) is 13.7. The van der Waals surface area contributed by atoms with E-state index in [1.807, 2.05) is 38.1 Å². The van der Waals surface area contributed by atoms with Crippen molar-refractivity contribution in [1.29, 1.82) is 0 Å². The molecule has 1 saturated heterocycles. The van der Waals surface area contributed by atoms with E-state index in [2.05, 4.69) is 0 Å². The Kier molecular flexibility index (Phi) is 8.79. The zero-order valence-electron chi connectivity index (χ0n) is 26.2. The number of amides is 2. The molecule has 0 unspecified atom stereocenters. The Morgan fingerprint density at radius 3 is 2.40 bits per heavy atom. The number of benzene rings is 2. The van der Waals surface area contributed by atoms with Gasteiger partial charge in [-0.2, -0.15) is 0 Å². The van der Waals surface area contributed by atoms with Gasteiger partial charge in [0.2, 0.25) is 0 Å².